The van der Waals surface area contributed by atoms with Crippen LogP contribution in [0.3, 0.4) is 0 Å². The van der Waals surface area contributed by atoms with Crippen LogP contribution in [0.4, 0.5) is 0 Å². The Morgan fingerprint density at radius 1 is 1.42 bits per heavy atom. The number of nitrogens with one attached hydrogen (secondary N) is 2. The first kappa shape index (κ1) is 15.1. The first-order valence-corrected chi connectivity index (χ1v) is 9.51. The number of hydrogen-bond acceptors (Lipinski definition) is 5. The molecular weight excluding hydrogens is 286 g/mol. The van der Waals surface area contributed by atoms with Crippen LogP contribution >= 0.6 is 11.8 Å². The minimum Gasteiger partial charge on any atom is -0.354 e. The van der Waals surface area contributed by atoms with Crippen molar-refractivity contribution >= 4 is 27.7 Å². The lowest BCUT2D eigenvalue weighted by Gasteiger charge is -2.30. The summed E-state index contributed by atoms with van der Waals surface area (Å²) in [6.45, 7) is 1.78. The van der Waals surface area contributed by atoms with E-state index in [-0.39, 0.29) is 11.9 Å². The van der Waals surface area contributed by atoms with Gasteiger partial charge in [0.1, 0.15) is 0 Å². The third-order valence-electron chi connectivity index (χ3n) is 3.64. The average molecular weight is 307 g/mol. The third kappa shape index (κ3) is 4.34. The lowest BCUT2D eigenvalue weighted by atomic mass is 9.98. The Morgan fingerprint density at radius 2 is 2.11 bits per heavy atom. The second-order valence-electron chi connectivity index (χ2n) is 5.12. The molecule has 2 fully saturated rings. The zero-order chi connectivity index (χ0) is 13.9. The summed E-state index contributed by atoms with van der Waals surface area (Å²) in [6.07, 6.45) is 2.89. The second kappa shape index (κ2) is 6.43. The molecule has 2 aliphatic heterocycles. The Bertz CT molecular complexity index is 413. The molecule has 2 heterocycles. The van der Waals surface area contributed by atoms with Gasteiger partial charge in [-0.05, 0) is 18.8 Å². The molecule has 110 valence electrons. The standard InChI is InChI=1S/C11H21N3O3S2/c1-19(16,17)14-4-2-9(3-5-14)6-12-11(15)10-7-18-8-13-10/h9-10,13H,2-8H2,1H3,(H,12,15). The van der Waals surface area contributed by atoms with E-state index in [9.17, 15) is 13.2 Å². The van der Waals surface area contributed by atoms with Crippen molar-refractivity contribution in [3.8, 4) is 0 Å². The number of hydrogen-bond donors (Lipinski definition) is 2. The molecular formula is C11H21N3O3S2. The minimum atomic E-state index is -3.06. The van der Waals surface area contributed by atoms with Gasteiger partial charge in [-0.25, -0.2) is 12.7 Å². The highest BCUT2D eigenvalue weighted by Crippen LogP contribution is 2.18. The van der Waals surface area contributed by atoms with Crippen molar-refractivity contribution in [3.05, 3.63) is 0 Å². The Hall–Kier alpha value is -0.310. The number of nitrogens with zero attached hydrogens (tertiary/aromatic N) is 1. The van der Waals surface area contributed by atoms with Crippen LogP contribution < -0.4 is 10.6 Å². The fourth-order valence-electron chi connectivity index (χ4n) is 2.38. The van der Waals surface area contributed by atoms with E-state index >= 15 is 0 Å². The molecule has 8 heteroatoms. The monoisotopic (exact) mass is 307 g/mol. The van der Waals surface area contributed by atoms with Gasteiger partial charge in [0.15, 0.2) is 0 Å². The van der Waals surface area contributed by atoms with E-state index in [4.69, 9.17) is 0 Å². The number of rotatable bonds is 4. The predicted molar refractivity (Wildman–Crippen MR) is 76.4 cm³/mol. The maximum Gasteiger partial charge on any atom is 0.238 e. The Kier molecular flexibility index (Phi) is 5.10. The van der Waals surface area contributed by atoms with Crippen molar-refractivity contribution in [2.24, 2.45) is 5.92 Å². The summed E-state index contributed by atoms with van der Waals surface area (Å²) in [5.74, 6) is 2.12. The van der Waals surface area contributed by atoms with E-state index in [1.807, 2.05) is 0 Å². The predicted octanol–water partition coefficient (Wildman–Crippen LogP) is -0.563. The molecule has 0 saturated carbocycles. The molecule has 2 aliphatic rings. The van der Waals surface area contributed by atoms with Gasteiger partial charge in [-0.2, -0.15) is 0 Å². The van der Waals surface area contributed by atoms with Gasteiger partial charge in [-0.1, -0.05) is 0 Å². The number of sulfonamides is 1. The fraction of sp³-hybridized carbons (Fsp3) is 0.909. The number of carbonyl (C=O) groups excluding carboxylic acids is 1. The molecule has 0 aromatic rings. The van der Waals surface area contributed by atoms with Crippen LogP contribution in [0.2, 0.25) is 0 Å². The van der Waals surface area contributed by atoms with Gasteiger partial charge >= 0.3 is 0 Å². The Labute approximate surface area is 118 Å². The van der Waals surface area contributed by atoms with Crippen molar-refractivity contribution in [1.82, 2.24) is 14.9 Å². The van der Waals surface area contributed by atoms with Gasteiger partial charge in [-0.15, -0.1) is 11.8 Å². The summed E-state index contributed by atoms with van der Waals surface area (Å²) >= 11 is 1.73. The zero-order valence-electron chi connectivity index (χ0n) is 11.1. The van der Waals surface area contributed by atoms with E-state index in [1.165, 1.54) is 10.6 Å². The minimum absolute atomic E-state index is 0.0653. The fourth-order valence-corrected chi connectivity index (χ4v) is 4.19. The van der Waals surface area contributed by atoms with Crippen molar-refractivity contribution in [2.75, 3.05) is 37.5 Å². The molecule has 19 heavy (non-hydrogen) atoms. The summed E-state index contributed by atoms with van der Waals surface area (Å²) < 4.78 is 24.3. The molecule has 1 amide bonds. The number of thioether (sulfide) groups is 1. The number of amides is 1. The summed E-state index contributed by atoms with van der Waals surface area (Å²) in [5.41, 5.74) is 0. The topological polar surface area (TPSA) is 78.5 Å². The van der Waals surface area contributed by atoms with Crippen LogP contribution in [0.15, 0.2) is 0 Å². The van der Waals surface area contributed by atoms with Crippen molar-refractivity contribution < 1.29 is 13.2 Å². The SMILES string of the molecule is CS(=O)(=O)N1CCC(CNC(=O)C2CSCN2)CC1. The van der Waals surface area contributed by atoms with E-state index in [0.29, 0.717) is 25.6 Å². The van der Waals surface area contributed by atoms with Gasteiger partial charge in [0.25, 0.3) is 0 Å². The van der Waals surface area contributed by atoms with Gasteiger partial charge in [0.2, 0.25) is 15.9 Å². The van der Waals surface area contributed by atoms with Gasteiger partial charge in [0.05, 0.1) is 12.3 Å². The molecule has 0 aromatic heterocycles. The smallest absolute Gasteiger partial charge is 0.238 e. The normalized spacial score (nSPS) is 26.5. The highest BCUT2D eigenvalue weighted by atomic mass is 32.2. The summed E-state index contributed by atoms with van der Waals surface area (Å²) in [6, 6.07) is -0.0684. The van der Waals surface area contributed by atoms with Gasteiger partial charge in [-0.3, -0.25) is 10.1 Å². The van der Waals surface area contributed by atoms with E-state index in [2.05, 4.69) is 10.6 Å². The van der Waals surface area contributed by atoms with Crippen molar-refractivity contribution in [2.45, 2.75) is 18.9 Å². The Morgan fingerprint density at radius 3 is 2.63 bits per heavy atom. The summed E-state index contributed by atoms with van der Waals surface area (Å²) in [5, 5.41) is 6.10. The van der Waals surface area contributed by atoms with Crippen molar-refractivity contribution in [1.29, 1.82) is 0 Å². The average Bonchev–Trinajstić information content (AvgIpc) is 2.89. The maximum atomic E-state index is 11.8. The van der Waals surface area contributed by atoms with Crippen LogP contribution in [-0.2, 0) is 14.8 Å². The molecule has 2 saturated heterocycles. The molecule has 2 N–H and O–H groups in total. The Balaban J connectivity index is 1.69. The molecule has 0 aliphatic carbocycles. The van der Waals surface area contributed by atoms with E-state index in [1.54, 1.807) is 11.8 Å². The van der Waals surface area contributed by atoms with Crippen molar-refractivity contribution in [3.63, 3.8) is 0 Å². The number of carbonyl (C=O) groups is 1. The molecule has 0 radical (unpaired) electrons. The third-order valence-corrected chi connectivity index (χ3v) is 5.88. The van der Waals surface area contributed by atoms with Crippen LogP contribution in [0.25, 0.3) is 0 Å². The molecule has 2 rings (SSSR count). The van der Waals surface area contributed by atoms with Gasteiger partial charge < -0.3 is 5.32 Å². The van der Waals surface area contributed by atoms with E-state index in [0.717, 1.165) is 24.5 Å². The largest absolute Gasteiger partial charge is 0.354 e. The second-order valence-corrected chi connectivity index (χ2v) is 8.14. The summed E-state index contributed by atoms with van der Waals surface area (Å²) in [7, 11) is -3.06. The first-order chi connectivity index (χ1) is 8.97. The lowest BCUT2D eigenvalue weighted by Crippen LogP contribution is -2.45. The lowest BCUT2D eigenvalue weighted by molar-refractivity contribution is -0.122. The van der Waals surface area contributed by atoms with Gasteiger partial charge in [0, 0.05) is 31.3 Å². The van der Waals surface area contributed by atoms with Crippen LogP contribution in [0.5, 0.6) is 0 Å². The van der Waals surface area contributed by atoms with E-state index < -0.39 is 10.0 Å². The number of piperidine rings is 1. The highest BCUT2D eigenvalue weighted by Gasteiger charge is 2.26. The van der Waals surface area contributed by atoms with Crippen LogP contribution in [0, 0.1) is 5.92 Å². The molecule has 1 atom stereocenters. The zero-order valence-corrected chi connectivity index (χ0v) is 12.7. The maximum absolute atomic E-state index is 11.8. The molecule has 6 nitrogen and oxygen atoms in total. The summed E-state index contributed by atoms with van der Waals surface area (Å²) in [4.78, 5) is 11.8. The molecule has 0 spiro atoms. The highest BCUT2D eigenvalue weighted by molar-refractivity contribution is 7.99. The van der Waals surface area contributed by atoms with Crippen LogP contribution in [-0.4, -0.2) is 62.2 Å². The molecule has 0 aromatic carbocycles. The molecule has 1 unspecified atom stereocenters. The quantitative estimate of drug-likeness (QED) is 0.728. The van der Waals surface area contributed by atoms with Crippen LogP contribution in [0.1, 0.15) is 12.8 Å². The molecule has 0 bridgehead atoms. The first-order valence-electron chi connectivity index (χ1n) is 6.51.